The number of hydrogen-bond donors (Lipinski definition) is 1. The standard InChI is InChI=1S/C14H14N4O/c1-8-15-9(2)17-14(16-8)13-7-10-6-11(19-3)4-5-12(10)18-13/h4-7,18H,1-3H3. The van der Waals surface area contributed by atoms with E-state index >= 15 is 0 Å². The molecule has 5 nitrogen and oxygen atoms in total. The molecule has 0 bridgehead atoms. The van der Waals surface area contributed by atoms with Crippen LogP contribution in [0.25, 0.3) is 22.4 Å². The first-order chi connectivity index (χ1) is 9.15. The molecule has 1 aromatic carbocycles. The van der Waals surface area contributed by atoms with Gasteiger partial charge in [-0.1, -0.05) is 0 Å². The summed E-state index contributed by atoms with van der Waals surface area (Å²) in [5, 5.41) is 1.07. The number of nitrogens with one attached hydrogen (secondary N) is 1. The van der Waals surface area contributed by atoms with Gasteiger partial charge in [-0.25, -0.2) is 15.0 Å². The summed E-state index contributed by atoms with van der Waals surface area (Å²) in [6.07, 6.45) is 0. The van der Waals surface area contributed by atoms with E-state index in [1.165, 1.54) is 0 Å². The average molecular weight is 254 g/mol. The van der Waals surface area contributed by atoms with Crippen LogP contribution in [0.1, 0.15) is 11.6 Å². The van der Waals surface area contributed by atoms with E-state index in [9.17, 15) is 0 Å². The van der Waals surface area contributed by atoms with Gasteiger partial charge in [-0.2, -0.15) is 0 Å². The maximum Gasteiger partial charge on any atom is 0.179 e. The minimum Gasteiger partial charge on any atom is -0.497 e. The topological polar surface area (TPSA) is 63.7 Å². The Morgan fingerprint density at radius 2 is 1.74 bits per heavy atom. The molecule has 0 aliphatic rings. The van der Waals surface area contributed by atoms with Gasteiger partial charge in [-0.05, 0) is 38.1 Å². The van der Waals surface area contributed by atoms with Crippen LogP contribution in [0.15, 0.2) is 24.3 Å². The highest BCUT2D eigenvalue weighted by molar-refractivity contribution is 5.85. The average Bonchev–Trinajstić information content (AvgIpc) is 2.80. The Hall–Kier alpha value is -2.43. The fraction of sp³-hybridized carbons (Fsp3) is 0.214. The molecule has 0 aliphatic carbocycles. The Bertz CT molecular complexity index is 728. The van der Waals surface area contributed by atoms with Crippen LogP contribution in [0.3, 0.4) is 0 Å². The zero-order valence-electron chi connectivity index (χ0n) is 11.1. The van der Waals surface area contributed by atoms with E-state index in [4.69, 9.17) is 4.74 Å². The number of fused-ring (bicyclic) bond motifs is 1. The molecule has 0 aliphatic heterocycles. The van der Waals surface area contributed by atoms with E-state index in [0.29, 0.717) is 5.82 Å². The lowest BCUT2D eigenvalue weighted by molar-refractivity contribution is 0.415. The highest BCUT2D eigenvalue weighted by Crippen LogP contribution is 2.25. The molecule has 0 atom stereocenters. The van der Waals surface area contributed by atoms with Gasteiger partial charge in [0.1, 0.15) is 17.4 Å². The molecule has 5 heteroatoms. The van der Waals surface area contributed by atoms with Crippen LogP contribution in [0.2, 0.25) is 0 Å². The summed E-state index contributed by atoms with van der Waals surface area (Å²) in [5.41, 5.74) is 1.92. The largest absolute Gasteiger partial charge is 0.497 e. The number of aromatic amines is 1. The van der Waals surface area contributed by atoms with Crippen molar-refractivity contribution >= 4 is 10.9 Å². The van der Waals surface area contributed by atoms with Crippen LogP contribution in [0, 0.1) is 13.8 Å². The van der Waals surface area contributed by atoms with Crippen molar-refractivity contribution in [3.8, 4) is 17.3 Å². The van der Waals surface area contributed by atoms with Crippen molar-refractivity contribution in [2.75, 3.05) is 7.11 Å². The lowest BCUT2D eigenvalue weighted by Gasteiger charge is -1.99. The van der Waals surface area contributed by atoms with Gasteiger partial charge in [0, 0.05) is 10.9 Å². The fourth-order valence-electron chi connectivity index (χ4n) is 2.09. The molecule has 96 valence electrons. The second-order valence-electron chi connectivity index (χ2n) is 4.39. The van der Waals surface area contributed by atoms with Crippen LogP contribution in [0.4, 0.5) is 0 Å². The molecule has 0 spiro atoms. The van der Waals surface area contributed by atoms with Crippen LogP contribution in [0.5, 0.6) is 5.75 Å². The Kier molecular flexibility index (Phi) is 2.67. The molecular weight excluding hydrogens is 240 g/mol. The summed E-state index contributed by atoms with van der Waals surface area (Å²) in [6, 6.07) is 7.91. The van der Waals surface area contributed by atoms with Gasteiger partial charge in [0.05, 0.1) is 12.8 Å². The quantitative estimate of drug-likeness (QED) is 0.763. The third-order valence-electron chi connectivity index (χ3n) is 2.93. The zero-order chi connectivity index (χ0) is 13.4. The predicted octanol–water partition coefficient (Wildman–Crippen LogP) is 2.65. The molecule has 0 radical (unpaired) electrons. The normalized spacial score (nSPS) is 10.9. The van der Waals surface area contributed by atoms with Gasteiger partial charge in [0.2, 0.25) is 0 Å². The highest BCUT2D eigenvalue weighted by Gasteiger charge is 2.08. The number of aryl methyl sites for hydroxylation is 2. The summed E-state index contributed by atoms with van der Waals surface area (Å²) < 4.78 is 5.22. The second kappa shape index (κ2) is 4.35. The number of aromatic nitrogens is 4. The summed E-state index contributed by atoms with van der Waals surface area (Å²) in [7, 11) is 1.66. The third-order valence-corrected chi connectivity index (χ3v) is 2.93. The zero-order valence-corrected chi connectivity index (χ0v) is 11.1. The predicted molar refractivity (Wildman–Crippen MR) is 73.1 cm³/mol. The molecule has 3 rings (SSSR count). The molecule has 1 N–H and O–H groups in total. The highest BCUT2D eigenvalue weighted by atomic mass is 16.5. The van der Waals surface area contributed by atoms with E-state index in [2.05, 4.69) is 19.9 Å². The molecule has 0 fully saturated rings. The smallest absolute Gasteiger partial charge is 0.179 e. The number of ether oxygens (including phenoxy) is 1. The Morgan fingerprint density at radius 3 is 2.42 bits per heavy atom. The van der Waals surface area contributed by atoms with Crippen molar-refractivity contribution in [2.24, 2.45) is 0 Å². The number of nitrogens with zero attached hydrogens (tertiary/aromatic N) is 3. The van der Waals surface area contributed by atoms with Crippen LogP contribution >= 0.6 is 0 Å². The van der Waals surface area contributed by atoms with Crippen LogP contribution in [-0.4, -0.2) is 27.0 Å². The van der Waals surface area contributed by atoms with E-state index in [1.807, 2.05) is 38.1 Å². The molecule has 3 aromatic rings. The Labute approximate surface area is 110 Å². The molecule has 2 heterocycles. The van der Waals surface area contributed by atoms with Gasteiger partial charge in [-0.3, -0.25) is 0 Å². The molecule has 2 aromatic heterocycles. The van der Waals surface area contributed by atoms with Crippen molar-refractivity contribution in [3.63, 3.8) is 0 Å². The molecular formula is C14H14N4O. The van der Waals surface area contributed by atoms with Gasteiger partial charge in [0.25, 0.3) is 0 Å². The Morgan fingerprint density at radius 1 is 1.00 bits per heavy atom. The van der Waals surface area contributed by atoms with Crippen LogP contribution < -0.4 is 4.74 Å². The van der Waals surface area contributed by atoms with Crippen LogP contribution in [-0.2, 0) is 0 Å². The van der Waals surface area contributed by atoms with E-state index in [-0.39, 0.29) is 0 Å². The van der Waals surface area contributed by atoms with Gasteiger partial charge in [0.15, 0.2) is 5.82 Å². The molecule has 19 heavy (non-hydrogen) atoms. The van der Waals surface area contributed by atoms with Crippen molar-refractivity contribution in [3.05, 3.63) is 35.9 Å². The van der Waals surface area contributed by atoms with Gasteiger partial charge in [-0.15, -0.1) is 0 Å². The number of rotatable bonds is 2. The second-order valence-corrected chi connectivity index (χ2v) is 4.39. The number of hydrogen-bond acceptors (Lipinski definition) is 4. The lowest BCUT2D eigenvalue weighted by Crippen LogP contribution is -1.98. The van der Waals surface area contributed by atoms with Crippen molar-refractivity contribution in [2.45, 2.75) is 13.8 Å². The molecule has 0 saturated carbocycles. The van der Waals surface area contributed by atoms with E-state index in [1.54, 1.807) is 7.11 Å². The summed E-state index contributed by atoms with van der Waals surface area (Å²) in [5.74, 6) is 2.94. The summed E-state index contributed by atoms with van der Waals surface area (Å²) in [6.45, 7) is 3.73. The summed E-state index contributed by atoms with van der Waals surface area (Å²) in [4.78, 5) is 16.2. The Balaban J connectivity index is 2.14. The maximum atomic E-state index is 5.22. The van der Waals surface area contributed by atoms with Crippen molar-refractivity contribution < 1.29 is 4.74 Å². The number of H-pyrrole nitrogens is 1. The minimum atomic E-state index is 0.667. The SMILES string of the molecule is COc1ccc2[nH]c(-c3nc(C)nc(C)n3)cc2c1. The lowest BCUT2D eigenvalue weighted by atomic mass is 10.2. The number of methoxy groups -OCH3 is 1. The van der Waals surface area contributed by atoms with E-state index < -0.39 is 0 Å². The molecule has 0 unspecified atom stereocenters. The first-order valence-corrected chi connectivity index (χ1v) is 6.02. The monoisotopic (exact) mass is 254 g/mol. The van der Waals surface area contributed by atoms with Crippen molar-refractivity contribution in [1.82, 2.24) is 19.9 Å². The fourth-order valence-corrected chi connectivity index (χ4v) is 2.09. The molecule has 0 amide bonds. The molecule has 0 saturated heterocycles. The minimum absolute atomic E-state index is 0.667. The van der Waals surface area contributed by atoms with E-state index in [0.717, 1.165) is 34.0 Å². The third kappa shape index (κ3) is 2.14. The van der Waals surface area contributed by atoms with Gasteiger partial charge < -0.3 is 9.72 Å². The maximum absolute atomic E-state index is 5.22. The number of benzene rings is 1. The summed E-state index contributed by atoms with van der Waals surface area (Å²) >= 11 is 0. The van der Waals surface area contributed by atoms with Gasteiger partial charge >= 0.3 is 0 Å². The van der Waals surface area contributed by atoms with Crippen molar-refractivity contribution in [1.29, 1.82) is 0 Å². The first kappa shape index (κ1) is 11.6. The first-order valence-electron chi connectivity index (χ1n) is 6.02.